The first kappa shape index (κ1) is 18.4. The van der Waals surface area contributed by atoms with E-state index in [-0.39, 0.29) is 5.82 Å². The summed E-state index contributed by atoms with van der Waals surface area (Å²) in [7, 11) is 0. The van der Waals surface area contributed by atoms with Gasteiger partial charge >= 0.3 is 0 Å². The van der Waals surface area contributed by atoms with Gasteiger partial charge in [-0.15, -0.1) is 0 Å². The molecule has 3 aromatic rings. The summed E-state index contributed by atoms with van der Waals surface area (Å²) >= 11 is 0. The second-order valence-electron chi connectivity index (χ2n) is 7.32. The number of halogens is 1. The van der Waals surface area contributed by atoms with E-state index >= 15 is 0 Å². The number of aryl methyl sites for hydroxylation is 2. The molecule has 0 radical (unpaired) electrons. The molecule has 28 heavy (non-hydrogen) atoms. The molecule has 0 amide bonds. The van der Waals surface area contributed by atoms with E-state index in [4.69, 9.17) is 9.97 Å². The van der Waals surface area contributed by atoms with E-state index in [2.05, 4.69) is 41.8 Å². The number of hydrogen-bond donors (Lipinski definition) is 2. The Morgan fingerprint density at radius 1 is 0.893 bits per heavy atom. The Bertz CT molecular complexity index is 936. The van der Waals surface area contributed by atoms with Crippen LogP contribution in [-0.2, 0) is 25.8 Å². The molecule has 1 aromatic heterocycles. The fraction of sp³-hybridized carbons (Fsp3) is 0.304. The maximum Gasteiger partial charge on any atom is 0.225 e. The molecule has 1 heterocycles. The number of rotatable bonds is 7. The zero-order valence-electron chi connectivity index (χ0n) is 16.1. The molecule has 0 saturated carbocycles. The number of anilines is 2. The first-order valence-corrected chi connectivity index (χ1v) is 9.85. The Labute approximate surface area is 165 Å². The molecule has 4 nitrogen and oxygen atoms in total. The second-order valence-corrected chi connectivity index (χ2v) is 7.32. The highest BCUT2D eigenvalue weighted by Crippen LogP contribution is 2.27. The SMILES string of the molecule is Cc1ccc(CNc2nc3c(c(NCCc4ccc(F)cc4)n2)CCC3)cc1. The summed E-state index contributed by atoms with van der Waals surface area (Å²) in [5, 5.41) is 6.83. The van der Waals surface area contributed by atoms with Crippen LogP contribution >= 0.6 is 0 Å². The number of aromatic nitrogens is 2. The molecule has 0 saturated heterocycles. The zero-order chi connectivity index (χ0) is 19.3. The van der Waals surface area contributed by atoms with Crippen LogP contribution in [0.2, 0.25) is 0 Å². The van der Waals surface area contributed by atoms with Gasteiger partial charge in [0.15, 0.2) is 0 Å². The maximum atomic E-state index is 13.0. The van der Waals surface area contributed by atoms with E-state index in [1.807, 2.05) is 12.1 Å². The van der Waals surface area contributed by atoms with Crippen LogP contribution in [0, 0.1) is 12.7 Å². The molecule has 4 rings (SSSR count). The van der Waals surface area contributed by atoms with Crippen LogP contribution in [0.25, 0.3) is 0 Å². The lowest BCUT2D eigenvalue weighted by molar-refractivity contribution is 0.627. The van der Waals surface area contributed by atoms with Crippen LogP contribution in [0.3, 0.4) is 0 Å². The number of hydrogen-bond acceptors (Lipinski definition) is 4. The van der Waals surface area contributed by atoms with Gasteiger partial charge in [-0.2, -0.15) is 4.98 Å². The molecule has 2 aromatic carbocycles. The average molecular weight is 376 g/mol. The van der Waals surface area contributed by atoms with E-state index < -0.39 is 0 Å². The molecule has 1 aliphatic rings. The predicted octanol–water partition coefficient (Wildman–Crippen LogP) is 4.68. The fourth-order valence-corrected chi connectivity index (χ4v) is 3.52. The summed E-state index contributed by atoms with van der Waals surface area (Å²) in [5.41, 5.74) is 5.95. The second kappa shape index (κ2) is 8.38. The minimum absolute atomic E-state index is 0.199. The molecule has 1 aliphatic carbocycles. The summed E-state index contributed by atoms with van der Waals surface area (Å²) in [6, 6.07) is 15.1. The van der Waals surface area contributed by atoms with E-state index in [1.54, 1.807) is 0 Å². The molecule has 0 bridgehead atoms. The highest BCUT2D eigenvalue weighted by molar-refractivity contribution is 5.52. The number of fused-ring (bicyclic) bond motifs is 1. The smallest absolute Gasteiger partial charge is 0.225 e. The van der Waals surface area contributed by atoms with Crippen LogP contribution < -0.4 is 10.6 Å². The Kier molecular flexibility index (Phi) is 5.51. The minimum Gasteiger partial charge on any atom is -0.369 e. The summed E-state index contributed by atoms with van der Waals surface area (Å²) in [6.07, 6.45) is 3.97. The third-order valence-electron chi connectivity index (χ3n) is 5.12. The van der Waals surface area contributed by atoms with Crippen molar-refractivity contribution >= 4 is 11.8 Å². The molecule has 0 aliphatic heterocycles. The Balaban J connectivity index is 1.42. The van der Waals surface area contributed by atoms with E-state index in [9.17, 15) is 4.39 Å². The molecular weight excluding hydrogens is 351 g/mol. The topological polar surface area (TPSA) is 49.8 Å². The van der Waals surface area contributed by atoms with Crippen molar-refractivity contribution in [3.63, 3.8) is 0 Å². The first-order chi connectivity index (χ1) is 13.7. The molecular formula is C23H25FN4. The fourth-order valence-electron chi connectivity index (χ4n) is 3.52. The maximum absolute atomic E-state index is 13.0. The molecule has 0 spiro atoms. The van der Waals surface area contributed by atoms with E-state index in [1.165, 1.54) is 28.8 Å². The predicted molar refractivity (Wildman–Crippen MR) is 111 cm³/mol. The van der Waals surface area contributed by atoms with Gasteiger partial charge < -0.3 is 10.6 Å². The van der Waals surface area contributed by atoms with Crippen molar-refractivity contribution in [1.29, 1.82) is 0 Å². The van der Waals surface area contributed by atoms with Crippen LogP contribution in [0.1, 0.15) is 34.4 Å². The average Bonchev–Trinajstić information content (AvgIpc) is 3.18. The van der Waals surface area contributed by atoms with Crippen molar-refractivity contribution in [3.8, 4) is 0 Å². The van der Waals surface area contributed by atoms with Gasteiger partial charge in [0.25, 0.3) is 0 Å². The van der Waals surface area contributed by atoms with E-state index in [0.29, 0.717) is 12.5 Å². The largest absolute Gasteiger partial charge is 0.369 e. The van der Waals surface area contributed by atoms with Crippen molar-refractivity contribution in [3.05, 3.63) is 82.3 Å². The van der Waals surface area contributed by atoms with Gasteiger partial charge in [-0.3, -0.25) is 0 Å². The lowest BCUT2D eigenvalue weighted by Crippen LogP contribution is -2.12. The minimum atomic E-state index is -0.199. The van der Waals surface area contributed by atoms with Gasteiger partial charge in [0.2, 0.25) is 5.95 Å². The zero-order valence-corrected chi connectivity index (χ0v) is 16.1. The van der Waals surface area contributed by atoms with Gasteiger partial charge in [-0.1, -0.05) is 42.0 Å². The number of benzene rings is 2. The molecule has 2 N–H and O–H groups in total. The molecule has 144 valence electrons. The van der Waals surface area contributed by atoms with Gasteiger partial charge in [0, 0.05) is 18.7 Å². The van der Waals surface area contributed by atoms with Crippen molar-refractivity contribution in [1.82, 2.24) is 9.97 Å². The highest BCUT2D eigenvalue weighted by Gasteiger charge is 2.19. The summed E-state index contributed by atoms with van der Waals surface area (Å²) in [5.74, 6) is 1.40. The molecule has 0 fully saturated rings. The summed E-state index contributed by atoms with van der Waals surface area (Å²) < 4.78 is 13.0. The third-order valence-corrected chi connectivity index (χ3v) is 5.12. The van der Waals surface area contributed by atoms with Crippen LogP contribution in [0.15, 0.2) is 48.5 Å². The third kappa shape index (κ3) is 4.47. The standard InChI is InChI=1S/C23H25FN4/c1-16-5-7-18(8-6-16)15-26-23-27-21-4-2-3-20(21)22(28-23)25-14-13-17-9-11-19(24)12-10-17/h5-12H,2-4,13-15H2,1H3,(H2,25,26,27,28). The van der Waals surface area contributed by atoms with Crippen molar-refractivity contribution in [2.45, 2.75) is 39.2 Å². The highest BCUT2D eigenvalue weighted by atomic mass is 19.1. The van der Waals surface area contributed by atoms with Crippen molar-refractivity contribution < 1.29 is 4.39 Å². The molecule has 0 atom stereocenters. The Morgan fingerprint density at radius 2 is 1.64 bits per heavy atom. The van der Waals surface area contributed by atoms with Gasteiger partial charge in [-0.25, -0.2) is 9.37 Å². The lowest BCUT2D eigenvalue weighted by Gasteiger charge is -2.13. The summed E-state index contributed by atoms with van der Waals surface area (Å²) in [6.45, 7) is 3.55. The monoisotopic (exact) mass is 376 g/mol. The number of nitrogens with one attached hydrogen (secondary N) is 2. The van der Waals surface area contributed by atoms with Crippen LogP contribution in [0.5, 0.6) is 0 Å². The van der Waals surface area contributed by atoms with Crippen LogP contribution in [-0.4, -0.2) is 16.5 Å². The quantitative estimate of drug-likeness (QED) is 0.629. The summed E-state index contributed by atoms with van der Waals surface area (Å²) in [4.78, 5) is 9.45. The lowest BCUT2D eigenvalue weighted by atomic mass is 10.1. The molecule has 0 unspecified atom stereocenters. The Morgan fingerprint density at radius 3 is 2.43 bits per heavy atom. The van der Waals surface area contributed by atoms with Gasteiger partial charge in [0.1, 0.15) is 11.6 Å². The molecule has 5 heteroatoms. The van der Waals surface area contributed by atoms with Crippen LogP contribution in [0.4, 0.5) is 16.2 Å². The number of nitrogens with zero attached hydrogens (tertiary/aromatic N) is 2. The van der Waals surface area contributed by atoms with Gasteiger partial charge in [0.05, 0.1) is 5.69 Å². The first-order valence-electron chi connectivity index (χ1n) is 9.85. The normalized spacial score (nSPS) is 12.6. The Hall–Kier alpha value is -2.95. The van der Waals surface area contributed by atoms with Gasteiger partial charge in [-0.05, 0) is 55.9 Å². The van der Waals surface area contributed by atoms with Crippen molar-refractivity contribution in [2.75, 3.05) is 17.2 Å². The van der Waals surface area contributed by atoms with E-state index in [0.717, 1.165) is 49.3 Å². The van der Waals surface area contributed by atoms with Crippen molar-refractivity contribution in [2.24, 2.45) is 0 Å².